The first-order chi connectivity index (χ1) is 11.4. The molecule has 128 valence electrons. The number of nitrogens with zero attached hydrogens (tertiary/aromatic N) is 2. The van der Waals surface area contributed by atoms with E-state index in [4.69, 9.17) is 16.3 Å². The third-order valence-electron chi connectivity index (χ3n) is 3.64. The van der Waals surface area contributed by atoms with Crippen molar-refractivity contribution in [1.29, 1.82) is 0 Å². The summed E-state index contributed by atoms with van der Waals surface area (Å²) in [5, 5.41) is 6.59. The summed E-state index contributed by atoms with van der Waals surface area (Å²) in [6.45, 7) is 5.97. The number of aromatic nitrogens is 2. The van der Waals surface area contributed by atoms with E-state index in [1.807, 2.05) is 13.8 Å². The van der Waals surface area contributed by atoms with Crippen molar-refractivity contribution in [3.63, 3.8) is 0 Å². The number of anilines is 2. The highest BCUT2D eigenvalue weighted by Crippen LogP contribution is 2.31. The minimum absolute atomic E-state index is 0.259. The van der Waals surface area contributed by atoms with Crippen LogP contribution in [0.5, 0.6) is 5.75 Å². The molecule has 0 saturated carbocycles. The quantitative estimate of drug-likeness (QED) is 0.827. The van der Waals surface area contributed by atoms with E-state index in [2.05, 4.69) is 27.5 Å². The first-order valence-corrected chi connectivity index (χ1v) is 8.06. The number of nitrogens with one attached hydrogen (secondary N) is 2. The third kappa shape index (κ3) is 4.35. The second-order valence-electron chi connectivity index (χ2n) is 5.50. The Labute approximate surface area is 146 Å². The van der Waals surface area contributed by atoms with Crippen LogP contribution in [0.1, 0.15) is 36.3 Å². The van der Waals surface area contributed by atoms with Crippen LogP contribution in [-0.4, -0.2) is 29.0 Å². The summed E-state index contributed by atoms with van der Waals surface area (Å²) in [5.41, 5.74) is 1.65. The van der Waals surface area contributed by atoms with Crippen LogP contribution >= 0.6 is 11.6 Å². The molecule has 0 radical (unpaired) electrons. The Morgan fingerprint density at radius 1 is 1.33 bits per heavy atom. The number of rotatable bonds is 6. The van der Waals surface area contributed by atoms with E-state index < -0.39 is 0 Å². The van der Waals surface area contributed by atoms with Crippen LogP contribution in [0.4, 0.5) is 11.5 Å². The van der Waals surface area contributed by atoms with E-state index in [-0.39, 0.29) is 17.6 Å². The first-order valence-electron chi connectivity index (χ1n) is 7.68. The molecule has 2 aromatic rings. The van der Waals surface area contributed by atoms with E-state index in [0.29, 0.717) is 22.3 Å². The number of ether oxygens (including phenoxy) is 1. The summed E-state index contributed by atoms with van der Waals surface area (Å²) in [4.78, 5) is 20.6. The standard InChI is InChI=1S/C17H21ClN4O2/c1-5-11(3)21-16-8-14(19-9-20-16)17(23)22-13-6-10(2)12(18)7-15(13)24-4/h6-9,11H,5H2,1-4H3,(H,22,23)(H,19,20,21). The monoisotopic (exact) mass is 348 g/mol. The van der Waals surface area contributed by atoms with Gasteiger partial charge in [0.25, 0.3) is 5.91 Å². The molecule has 0 aliphatic carbocycles. The Bertz CT molecular complexity index is 737. The zero-order valence-corrected chi connectivity index (χ0v) is 14.9. The van der Waals surface area contributed by atoms with Crippen molar-refractivity contribution in [3.05, 3.63) is 40.8 Å². The van der Waals surface area contributed by atoms with Gasteiger partial charge < -0.3 is 15.4 Å². The van der Waals surface area contributed by atoms with Gasteiger partial charge in [0.1, 0.15) is 23.6 Å². The Balaban J connectivity index is 2.21. The van der Waals surface area contributed by atoms with Crippen molar-refractivity contribution in [3.8, 4) is 5.75 Å². The topological polar surface area (TPSA) is 76.1 Å². The van der Waals surface area contributed by atoms with E-state index in [1.165, 1.54) is 13.4 Å². The van der Waals surface area contributed by atoms with Crippen molar-refractivity contribution in [2.75, 3.05) is 17.7 Å². The minimum Gasteiger partial charge on any atom is -0.495 e. The van der Waals surface area contributed by atoms with Gasteiger partial charge in [-0.05, 0) is 31.9 Å². The number of aryl methyl sites for hydroxylation is 1. The van der Waals surface area contributed by atoms with Gasteiger partial charge in [-0.3, -0.25) is 4.79 Å². The van der Waals surface area contributed by atoms with Crippen LogP contribution in [0.3, 0.4) is 0 Å². The summed E-state index contributed by atoms with van der Waals surface area (Å²) >= 11 is 6.08. The number of halogens is 1. The molecule has 7 heteroatoms. The third-order valence-corrected chi connectivity index (χ3v) is 4.04. The molecular weight excluding hydrogens is 328 g/mol. The van der Waals surface area contributed by atoms with Gasteiger partial charge in [-0.1, -0.05) is 18.5 Å². The lowest BCUT2D eigenvalue weighted by atomic mass is 10.2. The molecule has 1 atom stereocenters. The van der Waals surface area contributed by atoms with Gasteiger partial charge in [-0.25, -0.2) is 9.97 Å². The zero-order valence-electron chi connectivity index (χ0n) is 14.2. The molecule has 0 fully saturated rings. The van der Waals surface area contributed by atoms with Gasteiger partial charge in [0.15, 0.2) is 0 Å². The molecule has 2 N–H and O–H groups in total. The van der Waals surface area contributed by atoms with Crippen molar-refractivity contribution >= 4 is 29.0 Å². The first kappa shape index (κ1) is 18.0. The van der Waals surface area contributed by atoms with Crippen molar-refractivity contribution in [1.82, 2.24) is 9.97 Å². The largest absolute Gasteiger partial charge is 0.495 e. The van der Waals surface area contributed by atoms with Crippen LogP contribution in [-0.2, 0) is 0 Å². The predicted molar refractivity (Wildman–Crippen MR) is 96.1 cm³/mol. The van der Waals surface area contributed by atoms with Crippen molar-refractivity contribution in [2.24, 2.45) is 0 Å². The molecule has 0 aliphatic heterocycles. The van der Waals surface area contributed by atoms with E-state index >= 15 is 0 Å². The molecule has 0 aliphatic rings. The van der Waals surface area contributed by atoms with Gasteiger partial charge >= 0.3 is 0 Å². The molecule has 1 heterocycles. The number of carbonyl (C=O) groups is 1. The van der Waals surface area contributed by atoms with Gasteiger partial charge in [-0.15, -0.1) is 0 Å². The normalized spacial score (nSPS) is 11.7. The fourth-order valence-electron chi connectivity index (χ4n) is 2.03. The molecule has 6 nitrogen and oxygen atoms in total. The number of hydrogen-bond donors (Lipinski definition) is 2. The van der Waals surface area contributed by atoms with Crippen LogP contribution in [0.15, 0.2) is 24.5 Å². The van der Waals surface area contributed by atoms with Crippen LogP contribution in [0.25, 0.3) is 0 Å². The Hall–Kier alpha value is -2.34. The molecule has 1 aromatic carbocycles. The lowest BCUT2D eigenvalue weighted by Crippen LogP contribution is -2.18. The number of hydrogen-bond acceptors (Lipinski definition) is 5. The maximum atomic E-state index is 12.5. The van der Waals surface area contributed by atoms with Crippen molar-refractivity contribution in [2.45, 2.75) is 33.2 Å². The zero-order chi connectivity index (χ0) is 17.7. The SMILES string of the molecule is CCC(C)Nc1cc(C(=O)Nc2cc(C)c(Cl)cc2OC)ncn1. The van der Waals surface area contributed by atoms with E-state index in [0.717, 1.165) is 12.0 Å². The fraction of sp³-hybridized carbons (Fsp3) is 0.353. The average Bonchev–Trinajstić information content (AvgIpc) is 2.58. The number of methoxy groups -OCH3 is 1. The summed E-state index contributed by atoms with van der Waals surface area (Å²) in [6, 6.07) is 5.31. The molecule has 0 spiro atoms. The second kappa shape index (κ2) is 7.97. The lowest BCUT2D eigenvalue weighted by Gasteiger charge is -2.14. The molecule has 1 aromatic heterocycles. The lowest BCUT2D eigenvalue weighted by molar-refractivity contribution is 0.102. The Morgan fingerprint density at radius 3 is 2.75 bits per heavy atom. The summed E-state index contributed by atoms with van der Waals surface area (Å²) in [6.07, 6.45) is 2.32. The van der Waals surface area contributed by atoms with Crippen LogP contribution in [0, 0.1) is 6.92 Å². The van der Waals surface area contributed by atoms with Crippen LogP contribution < -0.4 is 15.4 Å². The molecule has 2 rings (SSSR count). The molecule has 0 saturated heterocycles. The predicted octanol–water partition coefficient (Wildman–Crippen LogP) is 3.91. The van der Waals surface area contributed by atoms with Gasteiger partial charge in [0.2, 0.25) is 0 Å². The smallest absolute Gasteiger partial charge is 0.274 e. The van der Waals surface area contributed by atoms with Crippen molar-refractivity contribution < 1.29 is 9.53 Å². The van der Waals surface area contributed by atoms with Gasteiger partial charge in [-0.2, -0.15) is 0 Å². The molecule has 1 unspecified atom stereocenters. The highest BCUT2D eigenvalue weighted by Gasteiger charge is 2.14. The average molecular weight is 349 g/mol. The summed E-state index contributed by atoms with van der Waals surface area (Å²) in [5.74, 6) is 0.763. The van der Waals surface area contributed by atoms with Crippen LogP contribution in [0.2, 0.25) is 5.02 Å². The minimum atomic E-state index is -0.343. The highest BCUT2D eigenvalue weighted by atomic mass is 35.5. The molecular formula is C17H21ClN4O2. The second-order valence-corrected chi connectivity index (χ2v) is 5.91. The number of amides is 1. The summed E-state index contributed by atoms with van der Waals surface area (Å²) < 4.78 is 5.26. The maximum absolute atomic E-state index is 12.5. The highest BCUT2D eigenvalue weighted by molar-refractivity contribution is 6.31. The Kier molecular flexibility index (Phi) is 5.98. The number of carbonyl (C=O) groups excluding carboxylic acids is 1. The fourth-order valence-corrected chi connectivity index (χ4v) is 2.18. The Morgan fingerprint density at radius 2 is 2.08 bits per heavy atom. The van der Waals surface area contributed by atoms with Gasteiger partial charge in [0.05, 0.1) is 12.8 Å². The molecule has 0 bridgehead atoms. The van der Waals surface area contributed by atoms with E-state index in [9.17, 15) is 4.79 Å². The summed E-state index contributed by atoms with van der Waals surface area (Å²) in [7, 11) is 1.52. The molecule has 1 amide bonds. The van der Waals surface area contributed by atoms with Gasteiger partial charge in [0, 0.05) is 23.2 Å². The number of benzene rings is 1. The molecule has 24 heavy (non-hydrogen) atoms. The van der Waals surface area contributed by atoms with E-state index in [1.54, 1.807) is 18.2 Å². The maximum Gasteiger partial charge on any atom is 0.274 e.